The number of nitrogens with zero attached hydrogens (tertiary/aromatic N) is 2. The first-order valence-corrected chi connectivity index (χ1v) is 9.39. The van der Waals surface area contributed by atoms with Crippen molar-refractivity contribution in [2.45, 2.75) is 19.9 Å². The molecule has 27 heavy (non-hydrogen) atoms. The van der Waals surface area contributed by atoms with Crippen LogP contribution in [0.4, 0.5) is 5.69 Å². The second-order valence-corrected chi connectivity index (χ2v) is 7.18. The highest BCUT2D eigenvalue weighted by atomic mass is 32.1. The van der Waals surface area contributed by atoms with Crippen molar-refractivity contribution in [2.24, 2.45) is 0 Å². The molecule has 0 atom stereocenters. The molecule has 1 amide bonds. The van der Waals surface area contributed by atoms with E-state index in [1.54, 1.807) is 29.5 Å². The van der Waals surface area contributed by atoms with E-state index < -0.39 is 5.76 Å². The fraction of sp³-hybridized carbons (Fsp3) is 0.150. The molecule has 0 saturated carbocycles. The number of fused-ring (bicyclic) bond motifs is 1. The minimum Gasteiger partial charge on any atom is -0.408 e. The molecule has 1 N–H and O–H groups in total. The number of amides is 1. The molecule has 4 aromatic rings. The summed E-state index contributed by atoms with van der Waals surface area (Å²) in [5, 5.41) is 5.87. The number of nitrogens with one attached hydrogen (secondary N) is 1. The number of aromatic nitrogens is 2. The van der Waals surface area contributed by atoms with E-state index in [-0.39, 0.29) is 18.9 Å². The van der Waals surface area contributed by atoms with Gasteiger partial charge in [0.25, 0.3) is 0 Å². The zero-order chi connectivity index (χ0) is 18.8. The number of hydrogen-bond donors (Lipinski definition) is 1. The Hall–Kier alpha value is -3.19. The van der Waals surface area contributed by atoms with Crippen molar-refractivity contribution in [1.29, 1.82) is 0 Å². The lowest BCUT2D eigenvalue weighted by Gasteiger charge is -2.07. The third kappa shape index (κ3) is 3.68. The number of rotatable bonds is 5. The molecule has 0 unspecified atom stereocenters. The smallest absolute Gasteiger partial charge is 0.408 e. The number of carbonyl (C=O) groups excluding carboxylic acids is 1. The maximum Gasteiger partial charge on any atom is 0.419 e. The Bertz CT molecular complexity index is 1170. The van der Waals surface area contributed by atoms with Crippen LogP contribution in [0.25, 0.3) is 22.4 Å². The summed E-state index contributed by atoms with van der Waals surface area (Å²) in [6, 6.07) is 14.7. The molecule has 2 aromatic heterocycles. The Kier molecular flexibility index (Phi) is 4.60. The van der Waals surface area contributed by atoms with Crippen LogP contribution in [-0.2, 0) is 11.3 Å². The molecular weight excluding hydrogens is 362 g/mol. The van der Waals surface area contributed by atoms with E-state index in [0.717, 1.165) is 16.3 Å². The molecule has 0 saturated heterocycles. The molecule has 7 heteroatoms. The fourth-order valence-electron chi connectivity index (χ4n) is 2.91. The Balaban J connectivity index is 1.45. The van der Waals surface area contributed by atoms with Crippen LogP contribution in [0.15, 0.2) is 63.1 Å². The van der Waals surface area contributed by atoms with Crippen LogP contribution in [0.1, 0.15) is 11.4 Å². The van der Waals surface area contributed by atoms with Crippen LogP contribution in [0.3, 0.4) is 0 Å². The molecule has 6 nitrogen and oxygen atoms in total. The van der Waals surface area contributed by atoms with Gasteiger partial charge < -0.3 is 9.73 Å². The van der Waals surface area contributed by atoms with E-state index in [0.29, 0.717) is 16.8 Å². The molecule has 0 bridgehead atoms. The van der Waals surface area contributed by atoms with Gasteiger partial charge in [0.05, 0.1) is 16.2 Å². The third-order valence-electron chi connectivity index (χ3n) is 4.20. The zero-order valence-corrected chi connectivity index (χ0v) is 15.5. The molecule has 0 aliphatic carbocycles. The summed E-state index contributed by atoms with van der Waals surface area (Å²) >= 11 is 1.59. The number of aryl methyl sites for hydroxylation is 2. The van der Waals surface area contributed by atoms with Gasteiger partial charge in [0.15, 0.2) is 5.58 Å². The molecule has 0 aliphatic heterocycles. The first kappa shape index (κ1) is 17.2. The summed E-state index contributed by atoms with van der Waals surface area (Å²) in [5.74, 6) is -0.622. The average molecular weight is 379 g/mol. The van der Waals surface area contributed by atoms with Gasteiger partial charge in [0, 0.05) is 29.6 Å². The van der Waals surface area contributed by atoms with Gasteiger partial charge in [0.1, 0.15) is 0 Å². The quantitative estimate of drug-likeness (QED) is 0.567. The average Bonchev–Trinajstić information content (AvgIpc) is 3.23. The van der Waals surface area contributed by atoms with Crippen LogP contribution in [0.5, 0.6) is 0 Å². The minimum atomic E-state index is -0.454. The molecule has 136 valence electrons. The topological polar surface area (TPSA) is 77.1 Å². The molecule has 2 aromatic carbocycles. The summed E-state index contributed by atoms with van der Waals surface area (Å²) in [5.41, 5.74) is 3.76. The Labute approximate surface area is 159 Å². The second-order valence-electron chi connectivity index (χ2n) is 6.12. The van der Waals surface area contributed by atoms with Crippen LogP contribution in [0, 0.1) is 6.92 Å². The lowest BCUT2D eigenvalue weighted by atomic mass is 10.1. The fourth-order valence-corrected chi connectivity index (χ4v) is 3.54. The highest BCUT2D eigenvalue weighted by Crippen LogP contribution is 2.24. The van der Waals surface area contributed by atoms with Gasteiger partial charge in [-0.25, -0.2) is 9.78 Å². The summed E-state index contributed by atoms with van der Waals surface area (Å²) in [6.45, 7) is 2.22. The number of hydrogen-bond acceptors (Lipinski definition) is 5. The number of carbonyl (C=O) groups is 1. The molecule has 4 rings (SSSR count). The molecule has 0 aliphatic rings. The summed E-state index contributed by atoms with van der Waals surface area (Å²) in [6.07, 6.45) is 0.170. The van der Waals surface area contributed by atoms with E-state index in [2.05, 4.69) is 10.3 Å². The van der Waals surface area contributed by atoms with Gasteiger partial charge >= 0.3 is 5.76 Å². The number of thiazole rings is 1. The van der Waals surface area contributed by atoms with Gasteiger partial charge in [-0.05, 0) is 31.2 Å². The standard InChI is InChI=1S/C20H17N3O3S/c1-13-21-16(12-27-13)14-5-4-6-15(11-14)22-19(24)9-10-23-17-7-2-3-8-18(17)26-20(23)25/h2-8,11-12H,9-10H2,1H3,(H,22,24). The Morgan fingerprint density at radius 1 is 1.22 bits per heavy atom. The van der Waals surface area contributed by atoms with Gasteiger partial charge in [-0.15, -0.1) is 11.3 Å². The Morgan fingerprint density at radius 2 is 2.07 bits per heavy atom. The van der Waals surface area contributed by atoms with Crippen LogP contribution >= 0.6 is 11.3 Å². The van der Waals surface area contributed by atoms with Crippen molar-refractivity contribution in [3.8, 4) is 11.3 Å². The van der Waals surface area contributed by atoms with Crippen molar-refractivity contribution in [3.63, 3.8) is 0 Å². The predicted molar refractivity (Wildman–Crippen MR) is 106 cm³/mol. The van der Waals surface area contributed by atoms with E-state index in [1.165, 1.54) is 4.57 Å². The van der Waals surface area contributed by atoms with E-state index in [1.807, 2.05) is 42.6 Å². The normalized spacial score (nSPS) is 11.0. The summed E-state index contributed by atoms with van der Waals surface area (Å²) in [7, 11) is 0. The van der Waals surface area contributed by atoms with Gasteiger partial charge in [-0.1, -0.05) is 24.3 Å². The van der Waals surface area contributed by atoms with Gasteiger partial charge in [0.2, 0.25) is 5.91 Å². The lowest BCUT2D eigenvalue weighted by molar-refractivity contribution is -0.116. The Morgan fingerprint density at radius 3 is 2.89 bits per heavy atom. The zero-order valence-electron chi connectivity index (χ0n) is 14.6. The first-order valence-electron chi connectivity index (χ1n) is 8.51. The van der Waals surface area contributed by atoms with Crippen LogP contribution in [0.2, 0.25) is 0 Å². The van der Waals surface area contributed by atoms with E-state index in [9.17, 15) is 9.59 Å². The maximum absolute atomic E-state index is 12.3. The van der Waals surface area contributed by atoms with Crippen LogP contribution in [-0.4, -0.2) is 15.5 Å². The van der Waals surface area contributed by atoms with Gasteiger partial charge in [-0.2, -0.15) is 0 Å². The largest absolute Gasteiger partial charge is 0.419 e. The maximum atomic E-state index is 12.3. The molecular formula is C20H17N3O3S. The monoisotopic (exact) mass is 379 g/mol. The van der Waals surface area contributed by atoms with Crippen molar-refractivity contribution in [2.75, 3.05) is 5.32 Å². The van der Waals surface area contributed by atoms with Gasteiger partial charge in [-0.3, -0.25) is 9.36 Å². The number of benzene rings is 2. The van der Waals surface area contributed by atoms with Crippen LogP contribution < -0.4 is 11.1 Å². The molecule has 2 heterocycles. The molecule has 0 fully saturated rings. The number of para-hydroxylation sites is 2. The predicted octanol–water partition coefficient (Wildman–Crippen LogP) is 4.06. The highest BCUT2D eigenvalue weighted by molar-refractivity contribution is 7.09. The second kappa shape index (κ2) is 7.20. The van der Waals surface area contributed by atoms with E-state index >= 15 is 0 Å². The van der Waals surface area contributed by atoms with Crippen molar-refractivity contribution in [1.82, 2.24) is 9.55 Å². The highest BCUT2D eigenvalue weighted by Gasteiger charge is 2.11. The lowest BCUT2D eigenvalue weighted by Crippen LogP contribution is -2.19. The molecule has 0 spiro atoms. The summed E-state index contributed by atoms with van der Waals surface area (Å²) < 4.78 is 6.66. The SMILES string of the molecule is Cc1nc(-c2cccc(NC(=O)CCn3c(=O)oc4ccccc43)c2)cs1. The first-order chi connectivity index (χ1) is 13.1. The van der Waals surface area contributed by atoms with Crippen molar-refractivity contribution in [3.05, 3.63) is 69.5 Å². The summed E-state index contributed by atoms with van der Waals surface area (Å²) in [4.78, 5) is 28.8. The third-order valence-corrected chi connectivity index (χ3v) is 4.97. The number of anilines is 1. The molecule has 0 radical (unpaired) electrons. The van der Waals surface area contributed by atoms with Crippen molar-refractivity contribution < 1.29 is 9.21 Å². The number of oxazole rings is 1. The minimum absolute atomic E-state index is 0.168. The van der Waals surface area contributed by atoms with E-state index in [4.69, 9.17) is 4.42 Å². The van der Waals surface area contributed by atoms with Crippen molar-refractivity contribution >= 4 is 34.0 Å².